The van der Waals surface area contributed by atoms with Crippen LogP contribution in [0.25, 0.3) is 87.3 Å². The molecule has 1 atom stereocenters. The molecule has 5 nitrogen and oxygen atoms in total. The molecule has 0 aliphatic carbocycles. The van der Waals surface area contributed by atoms with E-state index in [1.165, 1.54) is 21.5 Å². The van der Waals surface area contributed by atoms with Gasteiger partial charge in [0.05, 0.1) is 0 Å². The maximum absolute atomic E-state index is 6.67. The third-order valence-electron chi connectivity index (χ3n) is 11.3. The summed E-state index contributed by atoms with van der Waals surface area (Å²) in [6.45, 7) is 0. The molecular formula is C51H31N3O2. The quantitative estimate of drug-likeness (QED) is 0.184. The maximum Gasteiger partial charge on any atom is 0.170 e. The lowest BCUT2D eigenvalue weighted by molar-refractivity contribution is 0.667. The summed E-state index contributed by atoms with van der Waals surface area (Å²) < 4.78 is 13.2. The van der Waals surface area contributed by atoms with Crippen LogP contribution in [-0.4, -0.2) is 11.7 Å². The van der Waals surface area contributed by atoms with Crippen LogP contribution >= 0.6 is 0 Å². The lowest BCUT2D eigenvalue weighted by atomic mass is 9.92. The van der Waals surface area contributed by atoms with Gasteiger partial charge in [0, 0.05) is 38.2 Å². The van der Waals surface area contributed by atoms with Crippen molar-refractivity contribution in [1.29, 1.82) is 0 Å². The van der Waals surface area contributed by atoms with E-state index in [0.717, 1.165) is 94.1 Å². The molecule has 3 heterocycles. The summed E-state index contributed by atoms with van der Waals surface area (Å²) in [4.78, 5) is 10.8. The van der Waals surface area contributed by atoms with Crippen molar-refractivity contribution in [2.75, 3.05) is 0 Å². The number of para-hydroxylation sites is 2. The van der Waals surface area contributed by atoms with E-state index >= 15 is 0 Å². The van der Waals surface area contributed by atoms with Gasteiger partial charge in [-0.15, -0.1) is 0 Å². The molecule has 56 heavy (non-hydrogen) atoms. The molecule has 12 rings (SSSR count). The first-order valence-corrected chi connectivity index (χ1v) is 18.9. The van der Waals surface area contributed by atoms with Gasteiger partial charge in [-0.25, -0.2) is 9.98 Å². The smallest absolute Gasteiger partial charge is 0.170 e. The lowest BCUT2D eigenvalue weighted by Crippen LogP contribution is -2.36. The Bertz CT molecular complexity index is 3460. The normalized spacial score (nSPS) is 14.6. The third-order valence-corrected chi connectivity index (χ3v) is 11.3. The minimum Gasteiger partial charge on any atom is -0.456 e. The van der Waals surface area contributed by atoms with Crippen molar-refractivity contribution in [3.63, 3.8) is 0 Å². The molecular weight excluding hydrogens is 687 g/mol. The van der Waals surface area contributed by atoms with E-state index in [-0.39, 0.29) is 0 Å². The number of nitrogens with one attached hydrogen (secondary N) is 1. The number of rotatable bonds is 4. The molecule has 0 bridgehead atoms. The summed E-state index contributed by atoms with van der Waals surface area (Å²) in [5, 5.41) is 15.0. The monoisotopic (exact) mass is 717 g/mol. The molecule has 0 fully saturated rings. The zero-order valence-corrected chi connectivity index (χ0v) is 30.0. The molecule has 1 aliphatic heterocycles. The minimum atomic E-state index is -0.575. The Morgan fingerprint density at radius 3 is 1.71 bits per heavy atom. The first kappa shape index (κ1) is 30.9. The molecule has 0 spiro atoms. The minimum absolute atomic E-state index is 0.575. The van der Waals surface area contributed by atoms with E-state index in [0.29, 0.717) is 0 Å². The highest BCUT2D eigenvalue weighted by molar-refractivity contribution is 6.23. The second-order valence-corrected chi connectivity index (χ2v) is 14.5. The number of fused-ring (bicyclic) bond motifs is 11. The van der Waals surface area contributed by atoms with Gasteiger partial charge in [0.15, 0.2) is 6.17 Å². The standard InChI is InChI=1S/C51H31N3O2/c1-2-13-32(14-3-1)49-52-50(33-25-24-31-23-22-30-12-4-5-15-35(30)40(31)26-33)54-51(53-49)42-27-34(28-45-48(42)39-19-9-11-21-44(39)55-45)41-29-46-47(37-17-7-6-16-36(37)41)38-18-8-10-20-43(38)56-46/h1-29,51H,(H,52,53,54). The zero-order valence-electron chi connectivity index (χ0n) is 30.0. The first-order valence-electron chi connectivity index (χ1n) is 18.9. The summed E-state index contributed by atoms with van der Waals surface area (Å²) >= 11 is 0. The fraction of sp³-hybridized carbons (Fsp3) is 0.0196. The van der Waals surface area contributed by atoms with Crippen LogP contribution in [0.4, 0.5) is 0 Å². The van der Waals surface area contributed by atoms with Gasteiger partial charge in [-0.2, -0.15) is 0 Å². The third kappa shape index (κ3) is 4.74. The summed E-state index contributed by atoms with van der Waals surface area (Å²) in [7, 11) is 0. The number of nitrogens with zero attached hydrogens (tertiary/aromatic N) is 2. The average Bonchev–Trinajstić information content (AvgIpc) is 3.84. The molecule has 11 aromatic rings. The lowest BCUT2D eigenvalue weighted by Gasteiger charge is -2.23. The van der Waals surface area contributed by atoms with Crippen LogP contribution < -0.4 is 5.32 Å². The summed E-state index contributed by atoms with van der Waals surface area (Å²) in [5.41, 5.74) is 8.35. The highest BCUT2D eigenvalue weighted by Gasteiger charge is 2.26. The molecule has 1 N–H and O–H groups in total. The molecule has 1 unspecified atom stereocenters. The van der Waals surface area contributed by atoms with E-state index in [9.17, 15) is 0 Å². The van der Waals surface area contributed by atoms with Crippen molar-refractivity contribution in [1.82, 2.24) is 5.32 Å². The van der Waals surface area contributed by atoms with E-state index < -0.39 is 6.17 Å². The number of furan rings is 2. The van der Waals surface area contributed by atoms with Crippen molar-refractivity contribution < 1.29 is 8.83 Å². The van der Waals surface area contributed by atoms with Crippen LogP contribution in [0.5, 0.6) is 0 Å². The van der Waals surface area contributed by atoms with Gasteiger partial charge >= 0.3 is 0 Å². The second kappa shape index (κ2) is 12.0. The number of amidine groups is 2. The molecule has 5 heteroatoms. The Morgan fingerprint density at radius 1 is 0.375 bits per heavy atom. The molecule has 1 aliphatic rings. The van der Waals surface area contributed by atoms with Crippen LogP contribution in [0.3, 0.4) is 0 Å². The molecule has 0 saturated heterocycles. The average molecular weight is 718 g/mol. The molecule has 262 valence electrons. The number of hydrogen-bond donors (Lipinski definition) is 1. The van der Waals surface area contributed by atoms with Gasteiger partial charge in [0.2, 0.25) is 0 Å². The van der Waals surface area contributed by atoms with Crippen LogP contribution in [0.2, 0.25) is 0 Å². The fourth-order valence-electron chi connectivity index (χ4n) is 8.70. The Hall–Kier alpha value is -7.50. The van der Waals surface area contributed by atoms with Gasteiger partial charge in [0.1, 0.15) is 34.0 Å². The largest absolute Gasteiger partial charge is 0.456 e. The van der Waals surface area contributed by atoms with Crippen molar-refractivity contribution in [3.05, 3.63) is 193 Å². The topological polar surface area (TPSA) is 63.0 Å². The van der Waals surface area contributed by atoms with E-state index in [1.54, 1.807) is 0 Å². The van der Waals surface area contributed by atoms with Gasteiger partial charge < -0.3 is 14.2 Å². The van der Waals surface area contributed by atoms with E-state index in [2.05, 4.69) is 139 Å². The summed E-state index contributed by atoms with van der Waals surface area (Å²) in [6.07, 6.45) is -0.575. The summed E-state index contributed by atoms with van der Waals surface area (Å²) in [5.74, 6) is 1.53. The second-order valence-electron chi connectivity index (χ2n) is 14.5. The van der Waals surface area contributed by atoms with Crippen molar-refractivity contribution in [2.24, 2.45) is 9.98 Å². The highest BCUT2D eigenvalue weighted by atomic mass is 16.3. The van der Waals surface area contributed by atoms with Gasteiger partial charge in [0.25, 0.3) is 0 Å². The van der Waals surface area contributed by atoms with Crippen molar-refractivity contribution >= 4 is 87.9 Å². The predicted molar refractivity (Wildman–Crippen MR) is 231 cm³/mol. The fourth-order valence-corrected chi connectivity index (χ4v) is 8.70. The molecule has 2 aromatic heterocycles. The van der Waals surface area contributed by atoms with Crippen LogP contribution in [0.1, 0.15) is 22.9 Å². The Kier molecular flexibility index (Phi) is 6.63. The molecule has 0 amide bonds. The van der Waals surface area contributed by atoms with Crippen molar-refractivity contribution in [3.8, 4) is 11.1 Å². The van der Waals surface area contributed by atoms with Crippen LogP contribution in [0.15, 0.2) is 195 Å². The Balaban J connectivity index is 1.12. The number of benzene rings is 9. The number of aliphatic imine (C=N–C) groups is 2. The van der Waals surface area contributed by atoms with Gasteiger partial charge in [-0.05, 0) is 79.8 Å². The SMILES string of the molecule is c1ccc(C2=NC(c3cc(-c4cc5oc6ccccc6c5c5ccccc45)cc4oc5ccccc5c34)N=C(c3ccc4ccc5ccccc5c4c3)N2)cc1. The first-order chi connectivity index (χ1) is 27.7. The van der Waals surface area contributed by atoms with Crippen molar-refractivity contribution in [2.45, 2.75) is 6.17 Å². The Morgan fingerprint density at radius 2 is 0.946 bits per heavy atom. The molecule has 9 aromatic carbocycles. The maximum atomic E-state index is 6.67. The van der Waals surface area contributed by atoms with Crippen LogP contribution in [0, 0.1) is 0 Å². The zero-order chi connectivity index (χ0) is 36.7. The van der Waals surface area contributed by atoms with Gasteiger partial charge in [-0.1, -0.05) is 140 Å². The predicted octanol–water partition coefficient (Wildman–Crippen LogP) is 13.1. The van der Waals surface area contributed by atoms with E-state index in [4.69, 9.17) is 18.8 Å². The summed E-state index contributed by atoms with van der Waals surface area (Å²) in [6, 6.07) is 61.5. The highest BCUT2D eigenvalue weighted by Crippen LogP contribution is 2.44. The molecule has 0 saturated carbocycles. The van der Waals surface area contributed by atoms with E-state index in [1.807, 2.05) is 42.5 Å². The number of hydrogen-bond acceptors (Lipinski definition) is 5. The van der Waals surface area contributed by atoms with Crippen LogP contribution in [-0.2, 0) is 0 Å². The Labute approximate surface area is 320 Å². The molecule has 0 radical (unpaired) electrons. The van der Waals surface area contributed by atoms with Gasteiger partial charge in [-0.3, -0.25) is 0 Å².